The highest BCUT2D eigenvalue weighted by Crippen LogP contribution is 2.25. The van der Waals surface area contributed by atoms with Crippen LogP contribution in [0.3, 0.4) is 0 Å². The molecule has 0 spiro atoms. The zero-order chi connectivity index (χ0) is 15.0. The number of hydrogen-bond donors (Lipinski definition) is 1. The van der Waals surface area contributed by atoms with Crippen LogP contribution < -0.4 is 10.5 Å². The molecule has 3 aromatic rings. The number of hydrogen-bond acceptors (Lipinski definition) is 3. The maximum atomic E-state index is 6.09. The van der Waals surface area contributed by atoms with E-state index in [4.69, 9.17) is 10.5 Å². The van der Waals surface area contributed by atoms with Crippen molar-refractivity contribution in [3.63, 3.8) is 0 Å². The Morgan fingerprint density at radius 2 is 1.86 bits per heavy atom. The number of rotatable bonds is 3. The molecule has 0 atom stereocenters. The number of nitrogens with zero attached hydrogens (tertiary/aromatic N) is 2. The number of benzene rings is 1. The van der Waals surface area contributed by atoms with Gasteiger partial charge in [-0.25, -0.2) is 4.98 Å². The lowest BCUT2D eigenvalue weighted by molar-refractivity contribution is 0.242. The van der Waals surface area contributed by atoms with Crippen molar-refractivity contribution in [1.82, 2.24) is 9.38 Å². The van der Waals surface area contributed by atoms with E-state index >= 15 is 0 Å². The van der Waals surface area contributed by atoms with Crippen LogP contribution in [0.4, 0.5) is 5.69 Å². The number of imidazole rings is 1. The Kier molecular flexibility index (Phi) is 3.29. The number of nitrogen functional groups attached to an aromatic ring is 1. The Morgan fingerprint density at radius 1 is 1.14 bits per heavy atom. The molecule has 21 heavy (non-hydrogen) atoms. The number of nitrogens with two attached hydrogens (primary N) is 1. The first-order valence-electron chi connectivity index (χ1n) is 7.05. The largest absolute Gasteiger partial charge is 0.491 e. The molecule has 108 valence electrons. The van der Waals surface area contributed by atoms with Gasteiger partial charge in [0.05, 0.1) is 17.5 Å². The minimum atomic E-state index is 0.175. The number of fused-ring (bicyclic) bond motifs is 1. The molecule has 0 fully saturated rings. The summed E-state index contributed by atoms with van der Waals surface area (Å²) >= 11 is 0. The molecule has 0 aliphatic rings. The number of aromatic nitrogens is 2. The molecule has 4 heteroatoms. The predicted octanol–water partition coefficient (Wildman–Crippen LogP) is 3.68. The Morgan fingerprint density at radius 3 is 2.52 bits per heavy atom. The van der Waals surface area contributed by atoms with E-state index in [2.05, 4.69) is 4.98 Å². The second-order valence-corrected chi connectivity index (χ2v) is 5.46. The first-order valence-corrected chi connectivity index (χ1v) is 7.05. The van der Waals surface area contributed by atoms with Crippen LogP contribution in [0.1, 0.15) is 19.4 Å². The third-order valence-corrected chi connectivity index (χ3v) is 3.41. The van der Waals surface area contributed by atoms with E-state index in [1.807, 2.05) is 67.9 Å². The van der Waals surface area contributed by atoms with Crippen LogP contribution in [0.5, 0.6) is 5.75 Å². The van der Waals surface area contributed by atoms with Crippen molar-refractivity contribution in [2.24, 2.45) is 0 Å². The number of ether oxygens (including phenoxy) is 1. The summed E-state index contributed by atoms with van der Waals surface area (Å²) in [6, 6.07) is 9.96. The molecule has 0 aliphatic heterocycles. The number of pyridine rings is 1. The minimum Gasteiger partial charge on any atom is -0.491 e. The highest BCUT2D eigenvalue weighted by molar-refractivity contribution is 5.73. The smallest absolute Gasteiger partial charge is 0.160 e. The number of anilines is 1. The molecule has 2 heterocycles. The Balaban J connectivity index is 1.98. The second kappa shape index (κ2) is 5.13. The van der Waals surface area contributed by atoms with Crippen LogP contribution in [0.15, 0.2) is 42.7 Å². The van der Waals surface area contributed by atoms with Crippen molar-refractivity contribution in [3.8, 4) is 17.0 Å². The van der Waals surface area contributed by atoms with E-state index in [9.17, 15) is 0 Å². The lowest BCUT2D eigenvalue weighted by Gasteiger charge is -2.09. The van der Waals surface area contributed by atoms with Crippen LogP contribution in [0.25, 0.3) is 16.9 Å². The molecule has 4 nitrogen and oxygen atoms in total. The van der Waals surface area contributed by atoms with Gasteiger partial charge < -0.3 is 14.9 Å². The van der Waals surface area contributed by atoms with Gasteiger partial charge >= 0.3 is 0 Å². The van der Waals surface area contributed by atoms with Gasteiger partial charge in [0.2, 0.25) is 0 Å². The summed E-state index contributed by atoms with van der Waals surface area (Å²) in [6.07, 6.45) is 4.14. The van der Waals surface area contributed by atoms with Crippen molar-refractivity contribution in [2.75, 3.05) is 5.73 Å². The highest BCUT2D eigenvalue weighted by Gasteiger charge is 2.08. The zero-order valence-corrected chi connectivity index (χ0v) is 12.5. The number of aryl methyl sites for hydroxylation is 1. The summed E-state index contributed by atoms with van der Waals surface area (Å²) in [6.45, 7) is 6.02. The molecule has 2 aromatic heterocycles. The van der Waals surface area contributed by atoms with Crippen LogP contribution >= 0.6 is 0 Å². The predicted molar refractivity (Wildman–Crippen MR) is 85.5 cm³/mol. The van der Waals surface area contributed by atoms with Gasteiger partial charge in [0.1, 0.15) is 5.75 Å². The Hall–Kier alpha value is -2.49. The molecule has 0 bridgehead atoms. The Labute approximate surface area is 124 Å². The topological polar surface area (TPSA) is 52.5 Å². The van der Waals surface area contributed by atoms with E-state index in [0.717, 1.165) is 33.9 Å². The van der Waals surface area contributed by atoms with Crippen molar-refractivity contribution in [2.45, 2.75) is 26.9 Å². The first-order chi connectivity index (χ1) is 10.0. The van der Waals surface area contributed by atoms with Gasteiger partial charge in [0.25, 0.3) is 0 Å². The van der Waals surface area contributed by atoms with Gasteiger partial charge in [-0.15, -0.1) is 0 Å². The monoisotopic (exact) mass is 281 g/mol. The normalized spacial score (nSPS) is 11.2. The molecule has 3 rings (SSSR count). The second-order valence-electron chi connectivity index (χ2n) is 5.46. The van der Waals surface area contributed by atoms with E-state index < -0.39 is 0 Å². The molecule has 0 aliphatic carbocycles. The van der Waals surface area contributed by atoms with E-state index in [1.54, 1.807) is 0 Å². The molecule has 2 N–H and O–H groups in total. The lowest BCUT2D eigenvalue weighted by Crippen LogP contribution is -2.05. The van der Waals surface area contributed by atoms with Crippen molar-refractivity contribution in [3.05, 3.63) is 48.3 Å². The molecule has 0 unspecified atom stereocenters. The van der Waals surface area contributed by atoms with Gasteiger partial charge in [-0.3, -0.25) is 0 Å². The summed E-state index contributed by atoms with van der Waals surface area (Å²) in [5.74, 6) is 0.868. The van der Waals surface area contributed by atoms with Gasteiger partial charge in [-0.05, 0) is 56.7 Å². The maximum Gasteiger partial charge on any atom is 0.160 e. The lowest BCUT2D eigenvalue weighted by atomic mass is 10.1. The fraction of sp³-hybridized carbons (Fsp3) is 0.235. The molecule has 0 saturated carbocycles. The van der Waals surface area contributed by atoms with E-state index in [0.29, 0.717) is 0 Å². The Bertz CT molecular complexity index is 773. The summed E-state index contributed by atoms with van der Waals surface area (Å²) in [5.41, 5.74) is 10.6. The summed E-state index contributed by atoms with van der Waals surface area (Å²) < 4.78 is 7.61. The molecule has 1 aromatic carbocycles. The fourth-order valence-electron chi connectivity index (χ4n) is 2.28. The SMILES string of the molecule is Cc1ccn2cc(-c3ccc(OC(C)C)cc3)nc2c1N. The van der Waals surface area contributed by atoms with E-state index in [-0.39, 0.29) is 6.10 Å². The summed E-state index contributed by atoms with van der Waals surface area (Å²) in [5, 5.41) is 0. The molecular weight excluding hydrogens is 262 g/mol. The van der Waals surface area contributed by atoms with Crippen LogP contribution in [-0.4, -0.2) is 15.5 Å². The maximum absolute atomic E-state index is 6.09. The van der Waals surface area contributed by atoms with Crippen molar-refractivity contribution >= 4 is 11.3 Å². The average molecular weight is 281 g/mol. The van der Waals surface area contributed by atoms with Gasteiger partial charge in [-0.2, -0.15) is 0 Å². The third kappa shape index (κ3) is 2.57. The fourth-order valence-corrected chi connectivity index (χ4v) is 2.28. The van der Waals surface area contributed by atoms with Crippen molar-refractivity contribution in [1.29, 1.82) is 0 Å². The minimum absolute atomic E-state index is 0.175. The van der Waals surface area contributed by atoms with Gasteiger partial charge in [0, 0.05) is 18.0 Å². The first kappa shape index (κ1) is 13.5. The third-order valence-electron chi connectivity index (χ3n) is 3.41. The molecule has 0 radical (unpaired) electrons. The quantitative estimate of drug-likeness (QED) is 0.796. The van der Waals surface area contributed by atoms with E-state index in [1.165, 1.54) is 0 Å². The zero-order valence-electron chi connectivity index (χ0n) is 12.5. The van der Waals surface area contributed by atoms with Crippen LogP contribution in [0, 0.1) is 6.92 Å². The molecule has 0 amide bonds. The van der Waals surface area contributed by atoms with Gasteiger partial charge in [-0.1, -0.05) is 0 Å². The van der Waals surface area contributed by atoms with Crippen LogP contribution in [0.2, 0.25) is 0 Å². The van der Waals surface area contributed by atoms with Crippen molar-refractivity contribution < 1.29 is 4.74 Å². The standard InChI is InChI=1S/C17H19N3O/c1-11(2)21-14-6-4-13(5-7-14)15-10-20-9-8-12(3)16(18)17(20)19-15/h4-11H,18H2,1-3H3. The summed E-state index contributed by atoms with van der Waals surface area (Å²) in [7, 11) is 0. The average Bonchev–Trinajstić information content (AvgIpc) is 2.88. The molecular formula is C17H19N3O. The summed E-state index contributed by atoms with van der Waals surface area (Å²) in [4.78, 5) is 4.63. The van der Waals surface area contributed by atoms with Crippen LogP contribution in [-0.2, 0) is 0 Å². The molecule has 0 saturated heterocycles. The highest BCUT2D eigenvalue weighted by atomic mass is 16.5. The van der Waals surface area contributed by atoms with Gasteiger partial charge in [0.15, 0.2) is 5.65 Å².